The van der Waals surface area contributed by atoms with Gasteiger partial charge in [-0.05, 0) is 22.9 Å². The Morgan fingerprint density at radius 1 is 1.57 bits per heavy atom. The van der Waals surface area contributed by atoms with Gasteiger partial charge >= 0.3 is 5.19 Å². The Labute approximate surface area is 48.6 Å². The zero-order chi connectivity index (χ0) is 5.28. The van der Waals surface area contributed by atoms with Crippen molar-refractivity contribution in [2.45, 2.75) is 0 Å². The van der Waals surface area contributed by atoms with Crippen LogP contribution in [0.1, 0.15) is 0 Å². The second-order valence-corrected chi connectivity index (χ2v) is 2.34. The largest absolute Gasteiger partial charge is 0.347 e. The molecule has 0 spiro atoms. The van der Waals surface area contributed by atoms with Crippen LogP contribution in [-0.4, -0.2) is 10.2 Å². The fourth-order valence-corrected chi connectivity index (χ4v) is 0.736. The smallest absolute Gasteiger partial charge is 0.253 e. The summed E-state index contributed by atoms with van der Waals surface area (Å²) in [7, 11) is 0. The molecule has 0 saturated carbocycles. The fourth-order valence-electron chi connectivity index (χ4n) is 0.193. The minimum Gasteiger partial charge on any atom is -0.253 e. The average Bonchev–Trinajstić information content (AvgIpc) is 1.87. The molecule has 1 radical (unpaired) electrons. The maximum absolute atomic E-state index is 10.1. The maximum Gasteiger partial charge on any atom is 0.347 e. The van der Waals surface area contributed by atoms with Crippen molar-refractivity contribution in [3.63, 3.8) is 0 Å². The minimum atomic E-state index is -0.343. The highest BCUT2D eigenvalue weighted by atomic mass is 35.5. The minimum absolute atomic E-state index is 0.199. The van der Waals surface area contributed by atoms with Crippen LogP contribution in [0.5, 0.6) is 5.19 Å². The molecule has 0 aliphatic rings. The van der Waals surface area contributed by atoms with Crippen LogP contribution < -0.4 is 0 Å². The van der Waals surface area contributed by atoms with Gasteiger partial charge in [0.1, 0.15) is 0 Å². The summed E-state index contributed by atoms with van der Waals surface area (Å²) in [6.45, 7) is 0. The Morgan fingerprint density at radius 3 is 2.43 bits per heavy atom. The molecular weight excluding hydrogens is 136 g/mol. The van der Waals surface area contributed by atoms with E-state index in [9.17, 15) is 5.11 Å². The van der Waals surface area contributed by atoms with Crippen LogP contribution in [0.2, 0.25) is 4.47 Å². The molecule has 0 fully saturated rings. The van der Waals surface area contributed by atoms with Crippen molar-refractivity contribution >= 4 is 22.9 Å². The third-order valence-electron chi connectivity index (χ3n) is 0.382. The summed E-state index contributed by atoms with van der Waals surface area (Å²) in [6.07, 6.45) is 0. The molecule has 1 aromatic heterocycles. The first-order valence-corrected chi connectivity index (χ1v) is 2.64. The summed E-state index contributed by atoms with van der Waals surface area (Å²) in [5.41, 5.74) is 0. The van der Waals surface area contributed by atoms with Gasteiger partial charge in [-0.15, -0.1) is 5.10 Å². The summed E-state index contributed by atoms with van der Waals surface area (Å²) in [6, 6.07) is 0. The standard InChI is InChI=1S/C2ClN2OS/c3-1-4-5-2(6)7-1. The van der Waals surface area contributed by atoms with E-state index in [0.717, 1.165) is 11.3 Å². The normalized spacial score (nSPS) is 9.29. The van der Waals surface area contributed by atoms with E-state index in [2.05, 4.69) is 10.2 Å². The molecule has 7 heavy (non-hydrogen) atoms. The highest BCUT2D eigenvalue weighted by Gasteiger charge is 1.96. The van der Waals surface area contributed by atoms with Crippen molar-refractivity contribution in [1.29, 1.82) is 0 Å². The summed E-state index contributed by atoms with van der Waals surface area (Å²) in [5.74, 6) is 0. The van der Waals surface area contributed by atoms with Crippen LogP contribution >= 0.6 is 22.9 Å². The van der Waals surface area contributed by atoms with Gasteiger partial charge in [0.05, 0.1) is 0 Å². The van der Waals surface area contributed by atoms with Gasteiger partial charge in [-0.1, -0.05) is 5.10 Å². The Morgan fingerprint density at radius 2 is 2.29 bits per heavy atom. The first kappa shape index (κ1) is 4.80. The van der Waals surface area contributed by atoms with Gasteiger partial charge in [0, 0.05) is 0 Å². The van der Waals surface area contributed by atoms with Crippen LogP contribution in [0.15, 0.2) is 0 Å². The summed E-state index contributed by atoms with van der Waals surface area (Å²) in [4.78, 5) is 0. The highest BCUT2D eigenvalue weighted by molar-refractivity contribution is 7.16. The van der Waals surface area contributed by atoms with Gasteiger partial charge in [-0.25, -0.2) is 0 Å². The number of rotatable bonds is 0. The molecule has 0 N–H and O–H groups in total. The van der Waals surface area contributed by atoms with Crippen molar-refractivity contribution in [1.82, 2.24) is 10.2 Å². The third-order valence-corrected chi connectivity index (χ3v) is 1.20. The van der Waals surface area contributed by atoms with E-state index < -0.39 is 0 Å². The van der Waals surface area contributed by atoms with Crippen molar-refractivity contribution < 1.29 is 5.11 Å². The molecular formula is C2ClN2OS. The van der Waals surface area contributed by atoms with Crippen LogP contribution in [0.3, 0.4) is 0 Å². The van der Waals surface area contributed by atoms with E-state index in [-0.39, 0.29) is 9.66 Å². The van der Waals surface area contributed by atoms with Gasteiger partial charge in [0.15, 0.2) is 0 Å². The SMILES string of the molecule is [O]c1nnc(Cl)s1. The van der Waals surface area contributed by atoms with Crippen LogP contribution in [-0.2, 0) is 5.11 Å². The Hall–Kier alpha value is -0.350. The fraction of sp³-hybridized carbons (Fsp3) is 0. The van der Waals surface area contributed by atoms with Crippen LogP contribution in [0, 0.1) is 0 Å². The Bertz CT molecular complexity index is 148. The predicted octanol–water partition coefficient (Wildman–Crippen LogP) is 1.34. The quantitative estimate of drug-likeness (QED) is 0.539. The Kier molecular flexibility index (Phi) is 1.12. The molecule has 5 heteroatoms. The van der Waals surface area contributed by atoms with Gasteiger partial charge in [-0.2, -0.15) is 0 Å². The van der Waals surface area contributed by atoms with Gasteiger partial charge in [-0.3, -0.25) is 5.11 Å². The Balaban J connectivity index is 3.04. The van der Waals surface area contributed by atoms with E-state index in [1.165, 1.54) is 0 Å². The first-order chi connectivity index (χ1) is 3.29. The van der Waals surface area contributed by atoms with E-state index in [1.807, 2.05) is 0 Å². The first-order valence-electron chi connectivity index (χ1n) is 1.45. The zero-order valence-electron chi connectivity index (χ0n) is 3.09. The van der Waals surface area contributed by atoms with Crippen LogP contribution in [0.4, 0.5) is 0 Å². The van der Waals surface area contributed by atoms with Gasteiger partial charge < -0.3 is 0 Å². The molecule has 0 aliphatic heterocycles. The molecule has 3 nitrogen and oxygen atoms in total. The number of hydrogen-bond acceptors (Lipinski definition) is 3. The van der Waals surface area contributed by atoms with Crippen molar-refractivity contribution in [2.75, 3.05) is 0 Å². The summed E-state index contributed by atoms with van der Waals surface area (Å²) >= 11 is 6.04. The second kappa shape index (κ2) is 1.63. The molecule has 0 saturated heterocycles. The molecule has 0 amide bonds. The van der Waals surface area contributed by atoms with Gasteiger partial charge in [0.2, 0.25) is 4.47 Å². The number of nitrogens with zero attached hydrogens (tertiary/aromatic N) is 2. The molecule has 1 aromatic rings. The summed E-state index contributed by atoms with van der Waals surface area (Å²) < 4.78 is 0.199. The molecule has 1 rings (SSSR count). The predicted molar refractivity (Wildman–Crippen MR) is 25.1 cm³/mol. The molecule has 37 valence electrons. The number of aromatic nitrogens is 2. The molecule has 0 unspecified atom stereocenters. The topological polar surface area (TPSA) is 45.7 Å². The van der Waals surface area contributed by atoms with E-state index in [0.29, 0.717) is 0 Å². The van der Waals surface area contributed by atoms with Gasteiger partial charge in [0.25, 0.3) is 0 Å². The van der Waals surface area contributed by atoms with Crippen molar-refractivity contribution in [2.24, 2.45) is 0 Å². The molecule has 0 aliphatic carbocycles. The number of hydrogen-bond donors (Lipinski definition) is 0. The molecule has 0 bridgehead atoms. The lowest BCUT2D eigenvalue weighted by Crippen LogP contribution is -1.60. The molecule has 1 heterocycles. The van der Waals surface area contributed by atoms with E-state index in [1.54, 1.807) is 0 Å². The van der Waals surface area contributed by atoms with Crippen molar-refractivity contribution in [3.05, 3.63) is 4.47 Å². The number of halogens is 1. The van der Waals surface area contributed by atoms with E-state index in [4.69, 9.17) is 11.6 Å². The second-order valence-electron chi connectivity index (χ2n) is 0.821. The lowest BCUT2D eigenvalue weighted by atomic mass is 11.5. The summed E-state index contributed by atoms with van der Waals surface area (Å²) in [5, 5.41) is 16.0. The van der Waals surface area contributed by atoms with Crippen LogP contribution in [0.25, 0.3) is 0 Å². The maximum atomic E-state index is 10.1. The monoisotopic (exact) mass is 135 g/mol. The third kappa shape index (κ3) is 1.01. The lowest BCUT2D eigenvalue weighted by molar-refractivity contribution is 0.348. The molecule has 0 atom stereocenters. The highest BCUT2D eigenvalue weighted by Crippen LogP contribution is 2.19. The zero-order valence-corrected chi connectivity index (χ0v) is 4.66. The molecule has 0 aromatic carbocycles. The van der Waals surface area contributed by atoms with Crippen molar-refractivity contribution in [3.8, 4) is 5.19 Å². The van der Waals surface area contributed by atoms with E-state index >= 15 is 0 Å². The lowest BCUT2D eigenvalue weighted by Gasteiger charge is -1.58. The average molecular weight is 136 g/mol.